The molecule has 2 rings (SSSR count). The fourth-order valence-electron chi connectivity index (χ4n) is 3.60. The molecule has 1 saturated heterocycles. The summed E-state index contributed by atoms with van der Waals surface area (Å²) in [7, 11) is 0. The second kappa shape index (κ2) is 8.53. The molecule has 3 atom stereocenters. The molecule has 22 heavy (non-hydrogen) atoms. The van der Waals surface area contributed by atoms with Crippen molar-refractivity contribution in [3.63, 3.8) is 0 Å². The molecule has 1 aliphatic carbocycles. The molecule has 0 aromatic heterocycles. The molecule has 2 fully saturated rings. The first kappa shape index (κ1) is 18.1. The first-order chi connectivity index (χ1) is 10.5. The number of rotatable bonds is 6. The zero-order valence-corrected chi connectivity index (χ0v) is 13.6. The van der Waals surface area contributed by atoms with Crippen LogP contribution in [0.1, 0.15) is 46.0 Å². The minimum atomic E-state index is -2.04. The normalized spacial score (nSPS) is 37.5. The van der Waals surface area contributed by atoms with Gasteiger partial charge in [-0.05, 0) is 31.1 Å². The van der Waals surface area contributed by atoms with Gasteiger partial charge >= 0.3 is 0 Å². The Bertz CT molecular complexity index is 313. The Kier molecular flexibility index (Phi) is 7.00. The molecular weight excluding hydrogens is 293 g/mol. The van der Waals surface area contributed by atoms with Crippen LogP contribution in [0.15, 0.2) is 0 Å². The average molecular weight is 322 g/mol. The van der Waals surface area contributed by atoms with E-state index in [9.17, 15) is 13.2 Å². The van der Waals surface area contributed by atoms with Crippen LogP contribution in [0.5, 0.6) is 0 Å². The average Bonchev–Trinajstić information content (AvgIpc) is 2.54. The van der Waals surface area contributed by atoms with Gasteiger partial charge in [-0.1, -0.05) is 26.7 Å². The lowest BCUT2D eigenvalue weighted by Crippen LogP contribution is -2.41. The van der Waals surface area contributed by atoms with Crippen LogP contribution in [0, 0.1) is 23.7 Å². The number of alkyl halides is 3. The molecule has 2 aliphatic rings. The van der Waals surface area contributed by atoms with Crippen molar-refractivity contribution in [3.05, 3.63) is 0 Å². The van der Waals surface area contributed by atoms with Gasteiger partial charge in [0.25, 0.3) is 0 Å². The Balaban J connectivity index is 1.72. The van der Waals surface area contributed by atoms with Crippen molar-refractivity contribution in [2.24, 2.45) is 23.7 Å². The summed E-state index contributed by atoms with van der Waals surface area (Å²) in [6.45, 7) is 4.05. The van der Waals surface area contributed by atoms with E-state index in [1.54, 1.807) is 6.92 Å². The van der Waals surface area contributed by atoms with Gasteiger partial charge in [-0.3, -0.25) is 0 Å². The molecule has 0 spiro atoms. The van der Waals surface area contributed by atoms with Gasteiger partial charge in [0.05, 0.1) is 13.2 Å². The van der Waals surface area contributed by atoms with Crippen LogP contribution in [-0.4, -0.2) is 38.5 Å². The Morgan fingerprint density at radius 2 is 1.55 bits per heavy atom. The molecule has 5 heteroatoms. The summed E-state index contributed by atoms with van der Waals surface area (Å²) in [6.07, 6.45) is 0.603. The molecule has 1 heterocycles. The van der Waals surface area contributed by atoms with Crippen LogP contribution in [0.2, 0.25) is 0 Å². The van der Waals surface area contributed by atoms with E-state index in [4.69, 9.17) is 9.47 Å². The second-order valence-electron chi connectivity index (χ2n) is 7.21. The standard InChI is InChI=1S/C17H29F3O2/c1-11-3-5-13(6-4-11)14-9-21-17(22-10-14)12(2)7-15(19)16(20)8-18/h11-17H,3-10H2,1-2H3. The molecule has 130 valence electrons. The smallest absolute Gasteiger partial charge is 0.160 e. The van der Waals surface area contributed by atoms with Gasteiger partial charge in [0.15, 0.2) is 12.5 Å². The molecule has 2 nitrogen and oxygen atoms in total. The van der Waals surface area contributed by atoms with E-state index in [0.29, 0.717) is 25.0 Å². The zero-order valence-electron chi connectivity index (χ0n) is 13.6. The highest BCUT2D eigenvalue weighted by molar-refractivity contribution is 4.79. The molecule has 0 bridgehead atoms. The molecule has 0 aromatic rings. The van der Waals surface area contributed by atoms with Crippen molar-refractivity contribution in [1.29, 1.82) is 0 Å². The number of hydrogen-bond donors (Lipinski definition) is 0. The highest BCUT2D eigenvalue weighted by Gasteiger charge is 2.34. The molecule has 0 amide bonds. The van der Waals surface area contributed by atoms with Crippen LogP contribution < -0.4 is 0 Å². The molecule has 0 radical (unpaired) electrons. The van der Waals surface area contributed by atoms with Crippen LogP contribution in [0.4, 0.5) is 13.2 Å². The second-order valence-corrected chi connectivity index (χ2v) is 7.21. The maximum Gasteiger partial charge on any atom is 0.160 e. The summed E-state index contributed by atoms with van der Waals surface area (Å²) in [5.41, 5.74) is 0. The van der Waals surface area contributed by atoms with Gasteiger partial charge in [-0.15, -0.1) is 0 Å². The topological polar surface area (TPSA) is 18.5 Å². The lowest BCUT2D eigenvalue weighted by atomic mass is 9.76. The van der Waals surface area contributed by atoms with Crippen LogP contribution >= 0.6 is 0 Å². The van der Waals surface area contributed by atoms with Gasteiger partial charge < -0.3 is 9.47 Å². The molecule has 3 unspecified atom stereocenters. The molecule has 0 N–H and O–H groups in total. The highest BCUT2D eigenvalue weighted by Crippen LogP contribution is 2.36. The zero-order chi connectivity index (χ0) is 16.1. The van der Waals surface area contributed by atoms with Gasteiger partial charge in [0.1, 0.15) is 12.8 Å². The first-order valence-corrected chi connectivity index (χ1v) is 8.58. The van der Waals surface area contributed by atoms with E-state index in [0.717, 1.165) is 5.92 Å². The molecule has 0 aromatic carbocycles. The predicted octanol–water partition coefficient (Wildman–Crippen LogP) is 4.47. The summed E-state index contributed by atoms with van der Waals surface area (Å²) in [6, 6.07) is 0. The van der Waals surface area contributed by atoms with E-state index >= 15 is 0 Å². The first-order valence-electron chi connectivity index (χ1n) is 8.58. The third-order valence-electron chi connectivity index (χ3n) is 5.28. The largest absolute Gasteiger partial charge is 0.352 e. The Hall–Kier alpha value is -0.290. The van der Waals surface area contributed by atoms with Gasteiger partial charge in [-0.2, -0.15) is 0 Å². The minimum Gasteiger partial charge on any atom is -0.352 e. The van der Waals surface area contributed by atoms with Crippen molar-refractivity contribution in [3.8, 4) is 0 Å². The fourth-order valence-corrected chi connectivity index (χ4v) is 3.60. The number of ether oxygens (including phenoxy) is 2. The lowest BCUT2D eigenvalue weighted by Gasteiger charge is -2.38. The molecule has 1 aliphatic heterocycles. The van der Waals surface area contributed by atoms with Gasteiger partial charge in [-0.25, -0.2) is 13.2 Å². The van der Waals surface area contributed by atoms with E-state index < -0.39 is 25.3 Å². The maximum absolute atomic E-state index is 13.5. The van der Waals surface area contributed by atoms with Gasteiger partial charge in [0.2, 0.25) is 0 Å². The Morgan fingerprint density at radius 1 is 0.955 bits per heavy atom. The summed E-state index contributed by atoms with van der Waals surface area (Å²) in [4.78, 5) is 0. The van der Waals surface area contributed by atoms with E-state index in [2.05, 4.69) is 6.92 Å². The molecule has 1 saturated carbocycles. The summed E-state index contributed by atoms with van der Waals surface area (Å²) in [5, 5.41) is 0. The third kappa shape index (κ3) is 4.85. The van der Waals surface area contributed by atoms with E-state index in [1.165, 1.54) is 25.7 Å². The predicted molar refractivity (Wildman–Crippen MR) is 79.9 cm³/mol. The molecular formula is C17H29F3O2. The summed E-state index contributed by atoms with van der Waals surface area (Å²) < 4.78 is 50.1. The monoisotopic (exact) mass is 322 g/mol. The minimum absolute atomic E-state index is 0.0681. The van der Waals surface area contributed by atoms with Crippen molar-refractivity contribution in [2.45, 2.75) is 64.6 Å². The van der Waals surface area contributed by atoms with E-state index in [1.807, 2.05) is 0 Å². The van der Waals surface area contributed by atoms with Crippen LogP contribution in [0.3, 0.4) is 0 Å². The Morgan fingerprint density at radius 3 is 2.09 bits per heavy atom. The number of halogens is 3. The van der Waals surface area contributed by atoms with Gasteiger partial charge in [0, 0.05) is 11.8 Å². The van der Waals surface area contributed by atoms with Crippen molar-refractivity contribution in [1.82, 2.24) is 0 Å². The fraction of sp³-hybridized carbons (Fsp3) is 1.00. The van der Waals surface area contributed by atoms with Crippen molar-refractivity contribution >= 4 is 0 Å². The van der Waals surface area contributed by atoms with Crippen molar-refractivity contribution < 1.29 is 22.6 Å². The highest BCUT2D eigenvalue weighted by atomic mass is 19.2. The third-order valence-corrected chi connectivity index (χ3v) is 5.28. The Labute approximate surface area is 131 Å². The van der Waals surface area contributed by atoms with Crippen molar-refractivity contribution in [2.75, 3.05) is 19.9 Å². The van der Waals surface area contributed by atoms with E-state index in [-0.39, 0.29) is 12.3 Å². The maximum atomic E-state index is 13.5. The SMILES string of the molecule is CC1CCC(C2COC(C(C)CC(F)C(F)CF)OC2)CC1. The summed E-state index contributed by atoms with van der Waals surface area (Å²) in [5.74, 6) is 1.62. The van der Waals surface area contributed by atoms with Crippen LogP contribution in [0.25, 0.3) is 0 Å². The lowest BCUT2D eigenvalue weighted by molar-refractivity contribution is -0.232. The summed E-state index contributed by atoms with van der Waals surface area (Å²) >= 11 is 0. The number of hydrogen-bond acceptors (Lipinski definition) is 2. The van der Waals surface area contributed by atoms with Crippen LogP contribution in [-0.2, 0) is 9.47 Å². The quantitative estimate of drug-likeness (QED) is 0.718.